The number of aromatic nitrogens is 2. The molecule has 0 aliphatic heterocycles. The van der Waals surface area contributed by atoms with Crippen LogP contribution in [0, 0.1) is 0 Å². The smallest absolute Gasteiger partial charge is 0.128 e. The summed E-state index contributed by atoms with van der Waals surface area (Å²) >= 11 is 13.8. The van der Waals surface area contributed by atoms with Crippen molar-refractivity contribution in [1.29, 1.82) is 0 Å². The lowest BCUT2D eigenvalue weighted by Gasteiger charge is -2.09. The van der Waals surface area contributed by atoms with Crippen LogP contribution in [0.15, 0.2) is 40.1 Å². The van der Waals surface area contributed by atoms with E-state index in [1.54, 1.807) is 24.0 Å². The molecule has 2 rings (SSSR count). The molecule has 130 valence electrons. The van der Waals surface area contributed by atoms with E-state index in [-0.39, 0.29) is 11.7 Å². The maximum atomic E-state index is 6.10. The third kappa shape index (κ3) is 4.75. The third-order valence-corrected chi connectivity index (χ3v) is 4.87. The van der Waals surface area contributed by atoms with Crippen molar-refractivity contribution in [2.75, 3.05) is 0 Å². The summed E-state index contributed by atoms with van der Waals surface area (Å²) in [5.41, 5.74) is 11.9. The topological polar surface area (TPSA) is 81.9 Å². The molecule has 0 fully saturated rings. The number of imidazole rings is 1. The van der Waals surface area contributed by atoms with E-state index in [0.717, 1.165) is 21.4 Å². The molecule has 0 unspecified atom stereocenters. The van der Waals surface area contributed by atoms with Gasteiger partial charge < -0.3 is 21.4 Å². The molecule has 1 heterocycles. The molecule has 0 amide bonds. The number of nitrogens with zero attached hydrogens (tertiary/aromatic N) is 2. The fourth-order valence-corrected chi connectivity index (χ4v) is 4.04. The predicted octanol–water partition coefficient (Wildman–Crippen LogP) is 3.81. The molecule has 0 saturated carbocycles. The highest BCUT2D eigenvalue weighted by atomic mass is 35.5. The summed E-state index contributed by atoms with van der Waals surface area (Å²) in [4.78, 5) is 5.72. The van der Waals surface area contributed by atoms with Gasteiger partial charge in [-0.15, -0.1) is 0 Å². The molecule has 24 heavy (non-hydrogen) atoms. The van der Waals surface area contributed by atoms with E-state index < -0.39 is 0 Å². The van der Waals surface area contributed by atoms with E-state index in [2.05, 4.69) is 23.7 Å². The van der Waals surface area contributed by atoms with Crippen molar-refractivity contribution in [2.24, 2.45) is 18.5 Å². The third-order valence-electron chi connectivity index (χ3n) is 3.29. The second kappa shape index (κ2) is 8.05. The van der Waals surface area contributed by atoms with Crippen LogP contribution in [0.25, 0.3) is 0 Å². The van der Waals surface area contributed by atoms with Crippen molar-refractivity contribution in [3.05, 3.63) is 51.8 Å². The zero-order chi connectivity index (χ0) is 17.9. The van der Waals surface area contributed by atoms with Crippen molar-refractivity contribution in [2.45, 2.75) is 36.2 Å². The summed E-state index contributed by atoms with van der Waals surface area (Å²) in [6.07, 6.45) is 1.56. The van der Waals surface area contributed by atoms with Crippen molar-refractivity contribution in [3.8, 4) is 0 Å². The SMILES string of the molecule is CC(C)c1nc(CNC=C(N)N)n(C)c1Sc1cc(Cl)cc(Cl)c1. The first-order chi connectivity index (χ1) is 11.3. The minimum Gasteiger partial charge on any atom is -0.385 e. The van der Waals surface area contributed by atoms with Gasteiger partial charge >= 0.3 is 0 Å². The number of nitrogens with one attached hydrogen (secondary N) is 1. The van der Waals surface area contributed by atoms with Gasteiger partial charge in [0.25, 0.3) is 0 Å². The van der Waals surface area contributed by atoms with Gasteiger partial charge in [0.05, 0.1) is 12.2 Å². The molecule has 1 aromatic carbocycles. The minimum absolute atomic E-state index is 0.233. The van der Waals surface area contributed by atoms with Gasteiger partial charge in [-0.2, -0.15) is 0 Å². The number of halogens is 2. The van der Waals surface area contributed by atoms with Gasteiger partial charge in [0.1, 0.15) is 16.7 Å². The Labute approximate surface area is 156 Å². The standard InChI is InChI=1S/C16H21Cl2N5S/c1-9(2)15-16(24-12-5-10(17)4-11(18)6-12)23(3)14(22-15)8-21-7-13(19)20/h4-7,9,21H,8,19-20H2,1-3H3. The van der Waals surface area contributed by atoms with Crippen molar-refractivity contribution >= 4 is 35.0 Å². The highest BCUT2D eigenvalue weighted by Gasteiger charge is 2.18. The first-order valence-corrected chi connectivity index (χ1v) is 8.99. The van der Waals surface area contributed by atoms with Crippen LogP contribution in [0.5, 0.6) is 0 Å². The molecule has 5 nitrogen and oxygen atoms in total. The summed E-state index contributed by atoms with van der Waals surface area (Å²) < 4.78 is 2.06. The molecule has 2 aromatic rings. The van der Waals surface area contributed by atoms with Crippen LogP contribution in [0.3, 0.4) is 0 Å². The molecule has 5 N–H and O–H groups in total. The lowest BCUT2D eigenvalue weighted by atomic mass is 10.2. The van der Waals surface area contributed by atoms with Gasteiger partial charge in [0.15, 0.2) is 0 Å². The Morgan fingerprint density at radius 1 is 1.29 bits per heavy atom. The molecule has 0 radical (unpaired) electrons. The van der Waals surface area contributed by atoms with E-state index in [1.807, 2.05) is 19.2 Å². The van der Waals surface area contributed by atoms with Crippen molar-refractivity contribution < 1.29 is 0 Å². The fraction of sp³-hybridized carbons (Fsp3) is 0.312. The van der Waals surface area contributed by atoms with E-state index in [4.69, 9.17) is 39.7 Å². The highest BCUT2D eigenvalue weighted by Crippen LogP contribution is 2.36. The summed E-state index contributed by atoms with van der Waals surface area (Å²) in [7, 11) is 1.99. The number of benzene rings is 1. The predicted molar refractivity (Wildman–Crippen MR) is 101 cm³/mol. The first-order valence-electron chi connectivity index (χ1n) is 7.42. The second-order valence-electron chi connectivity index (χ2n) is 5.66. The summed E-state index contributed by atoms with van der Waals surface area (Å²) in [6, 6.07) is 5.51. The van der Waals surface area contributed by atoms with Crippen LogP contribution in [-0.2, 0) is 13.6 Å². The lowest BCUT2D eigenvalue weighted by molar-refractivity contribution is 0.696. The fourth-order valence-electron chi connectivity index (χ4n) is 2.17. The van der Waals surface area contributed by atoms with E-state index >= 15 is 0 Å². The van der Waals surface area contributed by atoms with Crippen molar-refractivity contribution in [3.63, 3.8) is 0 Å². The molecule has 0 aliphatic carbocycles. The van der Waals surface area contributed by atoms with Crippen LogP contribution in [-0.4, -0.2) is 9.55 Å². The Kier molecular flexibility index (Phi) is 6.32. The van der Waals surface area contributed by atoms with E-state index in [9.17, 15) is 0 Å². The minimum atomic E-state index is 0.233. The Balaban J connectivity index is 2.33. The highest BCUT2D eigenvalue weighted by molar-refractivity contribution is 7.99. The molecule has 0 bridgehead atoms. The van der Waals surface area contributed by atoms with Crippen molar-refractivity contribution in [1.82, 2.24) is 14.9 Å². The number of nitrogens with two attached hydrogens (primary N) is 2. The van der Waals surface area contributed by atoms with Gasteiger partial charge in [-0.25, -0.2) is 4.98 Å². The quantitative estimate of drug-likeness (QED) is 0.703. The molecule has 0 saturated heterocycles. The number of hydrogen-bond donors (Lipinski definition) is 3. The largest absolute Gasteiger partial charge is 0.385 e. The molecule has 0 atom stereocenters. The number of hydrogen-bond acceptors (Lipinski definition) is 5. The molecule has 8 heteroatoms. The average Bonchev–Trinajstić information content (AvgIpc) is 2.75. The molecule has 0 aliphatic rings. The van der Waals surface area contributed by atoms with Crippen LogP contribution in [0.4, 0.5) is 0 Å². The Morgan fingerprint density at radius 3 is 2.46 bits per heavy atom. The summed E-state index contributed by atoms with van der Waals surface area (Å²) in [5.74, 6) is 1.42. The van der Waals surface area contributed by atoms with Gasteiger partial charge in [0.2, 0.25) is 0 Å². The van der Waals surface area contributed by atoms with Gasteiger partial charge in [0, 0.05) is 28.2 Å². The Morgan fingerprint density at radius 2 is 1.92 bits per heavy atom. The zero-order valence-corrected chi connectivity index (χ0v) is 16.1. The maximum Gasteiger partial charge on any atom is 0.128 e. The van der Waals surface area contributed by atoms with Crippen LogP contribution < -0.4 is 16.8 Å². The van der Waals surface area contributed by atoms with Crippen LogP contribution in [0.1, 0.15) is 31.3 Å². The normalized spacial score (nSPS) is 10.9. The maximum absolute atomic E-state index is 6.10. The number of rotatable bonds is 6. The van der Waals surface area contributed by atoms with E-state index in [0.29, 0.717) is 16.6 Å². The molecular weight excluding hydrogens is 365 g/mol. The zero-order valence-electron chi connectivity index (χ0n) is 13.8. The summed E-state index contributed by atoms with van der Waals surface area (Å²) in [6.45, 7) is 4.77. The van der Waals surface area contributed by atoms with Gasteiger partial charge in [-0.1, -0.05) is 48.8 Å². The van der Waals surface area contributed by atoms with Gasteiger partial charge in [-0.3, -0.25) is 0 Å². The first kappa shape index (κ1) is 18.8. The lowest BCUT2D eigenvalue weighted by Crippen LogP contribution is -2.16. The van der Waals surface area contributed by atoms with Gasteiger partial charge in [-0.05, 0) is 24.1 Å². The summed E-state index contributed by atoms with van der Waals surface area (Å²) in [5, 5.41) is 5.35. The molecule has 1 aromatic heterocycles. The molecule has 0 spiro atoms. The Bertz CT molecular complexity index is 731. The molecular formula is C16H21Cl2N5S. The Hall–Kier alpha value is -1.50. The second-order valence-corrected chi connectivity index (χ2v) is 7.60. The average molecular weight is 386 g/mol. The monoisotopic (exact) mass is 385 g/mol. The van der Waals surface area contributed by atoms with E-state index in [1.165, 1.54) is 0 Å². The van der Waals surface area contributed by atoms with Crippen LogP contribution in [0.2, 0.25) is 10.0 Å². The van der Waals surface area contributed by atoms with Crippen LogP contribution >= 0.6 is 35.0 Å².